The summed E-state index contributed by atoms with van der Waals surface area (Å²) in [6.45, 7) is 3.91. The first-order valence-electron chi connectivity index (χ1n) is 6.73. The molecule has 22 heavy (non-hydrogen) atoms. The molecule has 2 heterocycles. The Hall–Kier alpha value is -3.02. The summed E-state index contributed by atoms with van der Waals surface area (Å²) in [7, 11) is 0. The standard InChI is InChI=1S/C16H14N4O2/c1-11-5-12(2)7-14(6-11)22-16(21)13-3-4-15(18-8-13)20-10-17-9-19-20/h3-10H,1-2H3. The van der Waals surface area contributed by atoms with Crippen molar-refractivity contribution in [2.45, 2.75) is 13.8 Å². The van der Waals surface area contributed by atoms with E-state index in [1.807, 2.05) is 32.0 Å². The number of hydrogen-bond acceptors (Lipinski definition) is 5. The van der Waals surface area contributed by atoms with Crippen molar-refractivity contribution in [2.75, 3.05) is 0 Å². The van der Waals surface area contributed by atoms with Crippen molar-refractivity contribution in [2.24, 2.45) is 0 Å². The van der Waals surface area contributed by atoms with Gasteiger partial charge in [-0.1, -0.05) is 6.07 Å². The van der Waals surface area contributed by atoms with Gasteiger partial charge < -0.3 is 4.74 Å². The number of hydrogen-bond donors (Lipinski definition) is 0. The van der Waals surface area contributed by atoms with Gasteiger partial charge in [0.05, 0.1) is 5.56 Å². The Morgan fingerprint density at radius 2 is 1.91 bits per heavy atom. The SMILES string of the molecule is Cc1cc(C)cc(OC(=O)c2ccc(-n3cncn3)nc2)c1. The minimum absolute atomic E-state index is 0.378. The van der Waals surface area contributed by atoms with E-state index in [2.05, 4.69) is 15.1 Å². The van der Waals surface area contributed by atoms with Crippen molar-refractivity contribution in [3.05, 3.63) is 65.9 Å². The van der Waals surface area contributed by atoms with E-state index in [0.29, 0.717) is 17.1 Å². The van der Waals surface area contributed by atoms with Gasteiger partial charge in [0.2, 0.25) is 0 Å². The Balaban J connectivity index is 1.77. The Labute approximate surface area is 127 Å². The zero-order chi connectivity index (χ0) is 15.5. The van der Waals surface area contributed by atoms with Crippen molar-refractivity contribution in [1.29, 1.82) is 0 Å². The van der Waals surface area contributed by atoms with Crippen LogP contribution in [0.3, 0.4) is 0 Å². The van der Waals surface area contributed by atoms with E-state index in [-0.39, 0.29) is 0 Å². The molecule has 0 aliphatic heterocycles. The minimum Gasteiger partial charge on any atom is -0.423 e. The molecule has 0 unspecified atom stereocenters. The van der Waals surface area contributed by atoms with Crippen LogP contribution in [0.1, 0.15) is 21.5 Å². The lowest BCUT2D eigenvalue weighted by molar-refractivity contribution is 0.0734. The Morgan fingerprint density at radius 1 is 1.14 bits per heavy atom. The number of nitrogens with zero attached hydrogens (tertiary/aromatic N) is 4. The monoisotopic (exact) mass is 294 g/mol. The number of rotatable bonds is 3. The number of esters is 1. The molecule has 3 aromatic rings. The molecule has 0 aliphatic rings. The second-order valence-corrected chi connectivity index (χ2v) is 4.96. The zero-order valence-electron chi connectivity index (χ0n) is 12.2. The van der Waals surface area contributed by atoms with Gasteiger partial charge in [0.1, 0.15) is 18.4 Å². The number of carbonyl (C=O) groups is 1. The van der Waals surface area contributed by atoms with E-state index in [0.717, 1.165) is 11.1 Å². The number of carbonyl (C=O) groups excluding carboxylic acids is 1. The van der Waals surface area contributed by atoms with Crippen LogP contribution < -0.4 is 4.74 Å². The van der Waals surface area contributed by atoms with Gasteiger partial charge in [-0.2, -0.15) is 5.10 Å². The number of pyridine rings is 1. The molecule has 0 aliphatic carbocycles. The molecule has 3 rings (SSSR count). The van der Waals surface area contributed by atoms with Crippen LogP contribution in [0.25, 0.3) is 5.82 Å². The third-order valence-electron chi connectivity index (χ3n) is 3.04. The smallest absolute Gasteiger partial charge is 0.345 e. The van der Waals surface area contributed by atoms with Gasteiger partial charge in [-0.15, -0.1) is 0 Å². The maximum Gasteiger partial charge on any atom is 0.345 e. The minimum atomic E-state index is -0.442. The Bertz CT molecular complexity index is 775. The van der Waals surface area contributed by atoms with Gasteiger partial charge >= 0.3 is 5.97 Å². The number of benzene rings is 1. The first kappa shape index (κ1) is 13.9. The van der Waals surface area contributed by atoms with Gasteiger partial charge in [0, 0.05) is 6.20 Å². The average Bonchev–Trinajstić information content (AvgIpc) is 3.00. The summed E-state index contributed by atoms with van der Waals surface area (Å²) >= 11 is 0. The molecule has 0 amide bonds. The largest absolute Gasteiger partial charge is 0.423 e. The average molecular weight is 294 g/mol. The van der Waals surface area contributed by atoms with E-state index in [4.69, 9.17) is 4.74 Å². The van der Waals surface area contributed by atoms with Crippen LogP contribution >= 0.6 is 0 Å². The summed E-state index contributed by atoms with van der Waals surface area (Å²) in [5.74, 6) is 0.672. The lowest BCUT2D eigenvalue weighted by atomic mass is 10.1. The van der Waals surface area contributed by atoms with Gasteiger partial charge in [0.25, 0.3) is 0 Å². The maximum absolute atomic E-state index is 12.1. The number of aryl methyl sites for hydroxylation is 2. The summed E-state index contributed by atoms with van der Waals surface area (Å²) in [4.78, 5) is 20.2. The summed E-state index contributed by atoms with van der Waals surface area (Å²) in [5.41, 5.74) is 2.47. The molecule has 0 atom stereocenters. The van der Waals surface area contributed by atoms with Crippen LogP contribution in [0.2, 0.25) is 0 Å². The summed E-state index contributed by atoms with van der Waals surface area (Å²) < 4.78 is 6.89. The van der Waals surface area contributed by atoms with Crippen LogP contribution in [0, 0.1) is 13.8 Å². The highest BCUT2D eigenvalue weighted by molar-refractivity contribution is 5.90. The molecular formula is C16H14N4O2. The van der Waals surface area contributed by atoms with Crippen molar-refractivity contribution in [1.82, 2.24) is 19.7 Å². The molecule has 0 fully saturated rings. The van der Waals surface area contributed by atoms with E-state index in [1.165, 1.54) is 23.5 Å². The van der Waals surface area contributed by atoms with E-state index in [9.17, 15) is 4.79 Å². The molecule has 0 radical (unpaired) electrons. The first-order valence-corrected chi connectivity index (χ1v) is 6.73. The molecule has 2 aromatic heterocycles. The highest BCUT2D eigenvalue weighted by Crippen LogP contribution is 2.17. The molecule has 0 N–H and O–H groups in total. The Kier molecular flexibility index (Phi) is 3.65. The fraction of sp³-hybridized carbons (Fsp3) is 0.125. The topological polar surface area (TPSA) is 69.9 Å². The fourth-order valence-electron chi connectivity index (χ4n) is 2.13. The summed E-state index contributed by atoms with van der Waals surface area (Å²) in [6, 6.07) is 9.00. The van der Waals surface area contributed by atoms with Crippen LogP contribution in [-0.2, 0) is 0 Å². The molecular weight excluding hydrogens is 280 g/mol. The highest BCUT2D eigenvalue weighted by atomic mass is 16.5. The van der Waals surface area contributed by atoms with Crippen LogP contribution in [0.15, 0.2) is 49.2 Å². The van der Waals surface area contributed by atoms with Gasteiger partial charge in [-0.25, -0.2) is 19.4 Å². The predicted octanol–water partition coefficient (Wildman–Crippen LogP) is 2.50. The van der Waals surface area contributed by atoms with Crippen LogP contribution in [-0.4, -0.2) is 25.7 Å². The normalized spacial score (nSPS) is 10.5. The highest BCUT2D eigenvalue weighted by Gasteiger charge is 2.10. The van der Waals surface area contributed by atoms with Crippen LogP contribution in [0.5, 0.6) is 5.75 Å². The lowest BCUT2D eigenvalue weighted by Gasteiger charge is -2.07. The second-order valence-electron chi connectivity index (χ2n) is 4.96. The molecule has 0 bridgehead atoms. The van der Waals surface area contributed by atoms with Gasteiger partial charge in [-0.05, 0) is 49.2 Å². The predicted molar refractivity (Wildman–Crippen MR) is 80.0 cm³/mol. The molecule has 0 saturated heterocycles. The van der Waals surface area contributed by atoms with Gasteiger partial charge in [0.15, 0.2) is 5.82 Å². The van der Waals surface area contributed by atoms with Crippen molar-refractivity contribution >= 4 is 5.97 Å². The third kappa shape index (κ3) is 3.01. The van der Waals surface area contributed by atoms with Crippen LogP contribution in [0.4, 0.5) is 0 Å². The molecule has 0 spiro atoms. The molecule has 6 heteroatoms. The molecule has 110 valence electrons. The fourth-order valence-corrected chi connectivity index (χ4v) is 2.13. The number of ether oxygens (including phenoxy) is 1. The summed E-state index contributed by atoms with van der Waals surface area (Å²) in [6.07, 6.45) is 4.42. The van der Waals surface area contributed by atoms with Gasteiger partial charge in [-0.3, -0.25) is 0 Å². The zero-order valence-corrected chi connectivity index (χ0v) is 12.2. The number of aromatic nitrogens is 4. The Morgan fingerprint density at radius 3 is 2.50 bits per heavy atom. The lowest BCUT2D eigenvalue weighted by Crippen LogP contribution is -2.10. The first-order chi connectivity index (χ1) is 10.6. The molecule has 6 nitrogen and oxygen atoms in total. The van der Waals surface area contributed by atoms with Crippen molar-refractivity contribution in [3.8, 4) is 11.6 Å². The van der Waals surface area contributed by atoms with Crippen molar-refractivity contribution < 1.29 is 9.53 Å². The molecule has 0 saturated carbocycles. The third-order valence-corrected chi connectivity index (χ3v) is 3.04. The van der Waals surface area contributed by atoms with Crippen molar-refractivity contribution in [3.63, 3.8) is 0 Å². The van der Waals surface area contributed by atoms with E-state index in [1.54, 1.807) is 12.1 Å². The molecule has 1 aromatic carbocycles. The van der Waals surface area contributed by atoms with E-state index < -0.39 is 5.97 Å². The van der Waals surface area contributed by atoms with E-state index >= 15 is 0 Å². The maximum atomic E-state index is 12.1. The quantitative estimate of drug-likeness (QED) is 0.548. The summed E-state index contributed by atoms with van der Waals surface area (Å²) in [5, 5.41) is 3.98. The second kappa shape index (κ2) is 5.77.